The van der Waals surface area contributed by atoms with Crippen LogP contribution in [-0.4, -0.2) is 29.0 Å². The number of hydrogen-bond donors (Lipinski definition) is 3. The Kier molecular flexibility index (Phi) is 6.63. The van der Waals surface area contributed by atoms with Crippen LogP contribution in [0.1, 0.15) is 29.9 Å². The number of amides is 1. The molecule has 2 aromatic carbocycles. The first-order valence-electron chi connectivity index (χ1n) is 9.58. The van der Waals surface area contributed by atoms with Crippen LogP contribution in [0.5, 0.6) is 5.75 Å². The van der Waals surface area contributed by atoms with E-state index in [9.17, 15) is 4.79 Å². The molecule has 0 saturated carbocycles. The molecule has 0 aliphatic rings. The summed E-state index contributed by atoms with van der Waals surface area (Å²) >= 11 is 0. The standard InChI is InChI=1S/C22H25N5O2/c1-4-23-22-24-15(3)14-20(27-22)25-17-8-10-18(11-9-17)26-21(28)16-6-12-19(13-7-16)29-5-2/h6-14H,4-5H2,1-3H3,(H,26,28)(H2,23,24,25,27). The van der Waals surface area contributed by atoms with Crippen molar-refractivity contribution in [3.8, 4) is 5.75 Å². The van der Waals surface area contributed by atoms with Crippen molar-refractivity contribution in [2.24, 2.45) is 0 Å². The molecular formula is C22H25N5O2. The maximum Gasteiger partial charge on any atom is 0.255 e. The Morgan fingerprint density at radius 2 is 1.66 bits per heavy atom. The number of aryl methyl sites for hydroxylation is 1. The highest BCUT2D eigenvalue weighted by Crippen LogP contribution is 2.20. The van der Waals surface area contributed by atoms with Crippen molar-refractivity contribution in [1.82, 2.24) is 9.97 Å². The summed E-state index contributed by atoms with van der Waals surface area (Å²) in [6, 6.07) is 16.4. The molecule has 3 rings (SSSR count). The molecule has 1 aromatic heterocycles. The van der Waals surface area contributed by atoms with Crippen LogP contribution in [-0.2, 0) is 0 Å². The molecular weight excluding hydrogens is 366 g/mol. The molecule has 0 unspecified atom stereocenters. The molecule has 3 N–H and O–H groups in total. The Morgan fingerprint density at radius 1 is 0.966 bits per heavy atom. The second kappa shape index (κ2) is 9.54. The van der Waals surface area contributed by atoms with E-state index in [4.69, 9.17) is 4.74 Å². The van der Waals surface area contributed by atoms with Gasteiger partial charge in [0, 0.05) is 35.2 Å². The lowest BCUT2D eigenvalue weighted by molar-refractivity contribution is 0.102. The Labute approximate surface area is 170 Å². The molecule has 0 aliphatic heterocycles. The predicted molar refractivity (Wildman–Crippen MR) is 116 cm³/mol. The second-order valence-electron chi connectivity index (χ2n) is 6.36. The fraction of sp³-hybridized carbons (Fsp3) is 0.227. The maximum absolute atomic E-state index is 12.4. The lowest BCUT2D eigenvalue weighted by atomic mass is 10.2. The number of carbonyl (C=O) groups excluding carboxylic acids is 1. The smallest absolute Gasteiger partial charge is 0.255 e. The number of aromatic nitrogens is 2. The molecule has 0 radical (unpaired) electrons. The summed E-state index contributed by atoms with van der Waals surface area (Å²) in [5, 5.41) is 9.26. The van der Waals surface area contributed by atoms with E-state index < -0.39 is 0 Å². The molecule has 0 atom stereocenters. The van der Waals surface area contributed by atoms with E-state index in [1.807, 2.05) is 51.1 Å². The first-order chi connectivity index (χ1) is 14.1. The van der Waals surface area contributed by atoms with Crippen molar-refractivity contribution in [2.45, 2.75) is 20.8 Å². The van der Waals surface area contributed by atoms with Crippen LogP contribution in [0, 0.1) is 6.92 Å². The normalized spacial score (nSPS) is 10.3. The van der Waals surface area contributed by atoms with Crippen molar-refractivity contribution in [2.75, 3.05) is 29.1 Å². The average Bonchev–Trinajstić information content (AvgIpc) is 2.70. The summed E-state index contributed by atoms with van der Waals surface area (Å²) in [5.41, 5.74) is 3.02. The first kappa shape index (κ1) is 20.1. The zero-order valence-electron chi connectivity index (χ0n) is 16.8. The number of hydrogen-bond acceptors (Lipinski definition) is 6. The number of nitrogens with zero attached hydrogens (tertiary/aromatic N) is 2. The number of benzene rings is 2. The van der Waals surface area contributed by atoms with Gasteiger partial charge in [-0.25, -0.2) is 4.98 Å². The van der Waals surface area contributed by atoms with Crippen LogP contribution in [0.15, 0.2) is 54.6 Å². The zero-order valence-corrected chi connectivity index (χ0v) is 16.8. The summed E-state index contributed by atoms with van der Waals surface area (Å²) in [6.45, 7) is 7.20. The molecule has 0 saturated heterocycles. The van der Waals surface area contributed by atoms with Gasteiger partial charge in [0.15, 0.2) is 0 Å². The second-order valence-corrected chi connectivity index (χ2v) is 6.36. The summed E-state index contributed by atoms with van der Waals surface area (Å²) in [6.07, 6.45) is 0. The SMILES string of the molecule is CCNc1nc(C)cc(Nc2ccc(NC(=O)c3ccc(OCC)cc3)cc2)n1. The van der Waals surface area contributed by atoms with Crippen LogP contribution in [0.3, 0.4) is 0 Å². The third-order valence-corrected chi connectivity index (χ3v) is 4.03. The summed E-state index contributed by atoms with van der Waals surface area (Å²) in [7, 11) is 0. The third kappa shape index (κ3) is 5.68. The van der Waals surface area contributed by atoms with E-state index >= 15 is 0 Å². The molecule has 0 spiro atoms. The zero-order chi connectivity index (χ0) is 20.6. The van der Waals surface area contributed by atoms with Gasteiger partial charge < -0.3 is 20.7 Å². The monoisotopic (exact) mass is 391 g/mol. The number of rotatable bonds is 8. The van der Waals surface area contributed by atoms with Gasteiger partial charge in [-0.3, -0.25) is 4.79 Å². The highest BCUT2D eigenvalue weighted by Gasteiger charge is 2.07. The third-order valence-electron chi connectivity index (χ3n) is 4.03. The van der Waals surface area contributed by atoms with Crippen LogP contribution in [0.4, 0.5) is 23.1 Å². The molecule has 29 heavy (non-hydrogen) atoms. The number of carbonyl (C=O) groups is 1. The largest absolute Gasteiger partial charge is 0.494 e. The van der Waals surface area contributed by atoms with Crippen LogP contribution >= 0.6 is 0 Å². The van der Waals surface area contributed by atoms with Gasteiger partial charge >= 0.3 is 0 Å². The van der Waals surface area contributed by atoms with E-state index in [0.717, 1.165) is 23.7 Å². The average molecular weight is 391 g/mol. The fourth-order valence-corrected chi connectivity index (χ4v) is 2.73. The molecule has 7 nitrogen and oxygen atoms in total. The van der Waals surface area contributed by atoms with Crippen LogP contribution in [0.25, 0.3) is 0 Å². The molecule has 7 heteroatoms. The quantitative estimate of drug-likeness (QED) is 0.520. The van der Waals surface area contributed by atoms with Crippen molar-refractivity contribution >= 4 is 29.0 Å². The van der Waals surface area contributed by atoms with Crippen LogP contribution < -0.4 is 20.7 Å². The molecule has 0 fully saturated rings. The Bertz CT molecular complexity index is 956. The molecule has 3 aromatic rings. The minimum atomic E-state index is -0.171. The molecule has 0 aliphatic carbocycles. The highest BCUT2D eigenvalue weighted by molar-refractivity contribution is 6.04. The van der Waals surface area contributed by atoms with Gasteiger partial charge in [-0.15, -0.1) is 0 Å². The van der Waals surface area contributed by atoms with E-state index in [0.29, 0.717) is 29.6 Å². The lowest BCUT2D eigenvalue weighted by Gasteiger charge is -2.10. The highest BCUT2D eigenvalue weighted by atomic mass is 16.5. The minimum absolute atomic E-state index is 0.171. The van der Waals surface area contributed by atoms with Gasteiger partial charge in [0.05, 0.1) is 6.61 Å². The topological polar surface area (TPSA) is 88.2 Å². The van der Waals surface area contributed by atoms with Crippen molar-refractivity contribution in [1.29, 1.82) is 0 Å². The number of ether oxygens (including phenoxy) is 1. The van der Waals surface area contributed by atoms with Gasteiger partial charge in [-0.2, -0.15) is 4.98 Å². The fourth-order valence-electron chi connectivity index (χ4n) is 2.73. The Morgan fingerprint density at radius 3 is 2.31 bits per heavy atom. The summed E-state index contributed by atoms with van der Waals surface area (Å²) in [5.74, 6) is 1.88. The van der Waals surface area contributed by atoms with Crippen LogP contribution in [0.2, 0.25) is 0 Å². The first-order valence-corrected chi connectivity index (χ1v) is 9.58. The summed E-state index contributed by atoms with van der Waals surface area (Å²) in [4.78, 5) is 21.2. The van der Waals surface area contributed by atoms with Gasteiger partial charge in [-0.1, -0.05) is 0 Å². The van der Waals surface area contributed by atoms with E-state index in [1.54, 1.807) is 24.3 Å². The number of nitrogens with one attached hydrogen (secondary N) is 3. The van der Waals surface area contributed by atoms with Gasteiger partial charge in [0.25, 0.3) is 5.91 Å². The van der Waals surface area contributed by atoms with Crippen molar-refractivity contribution < 1.29 is 9.53 Å². The van der Waals surface area contributed by atoms with Gasteiger partial charge in [-0.05, 0) is 69.3 Å². The van der Waals surface area contributed by atoms with E-state index in [-0.39, 0.29) is 5.91 Å². The van der Waals surface area contributed by atoms with Gasteiger partial charge in [0.2, 0.25) is 5.95 Å². The molecule has 1 heterocycles. The Hall–Kier alpha value is -3.61. The van der Waals surface area contributed by atoms with Crippen molar-refractivity contribution in [3.63, 3.8) is 0 Å². The van der Waals surface area contributed by atoms with E-state index in [2.05, 4.69) is 25.9 Å². The predicted octanol–water partition coefficient (Wildman–Crippen LogP) is 4.61. The summed E-state index contributed by atoms with van der Waals surface area (Å²) < 4.78 is 5.40. The van der Waals surface area contributed by atoms with Gasteiger partial charge in [0.1, 0.15) is 11.6 Å². The number of anilines is 4. The maximum atomic E-state index is 12.4. The lowest BCUT2D eigenvalue weighted by Crippen LogP contribution is -2.11. The Balaban J connectivity index is 1.63. The molecule has 150 valence electrons. The minimum Gasteiger partial charge on any atom is -0.494 e. The molecule has 0 bridgehead atoms. The molecule has 1 amide bonds. The van der Waals surface area contributed by atoms with E-state index in [1.165, 1.54) is 0 Å². The van der Waals surface area contributed by atoms with Crippen molar-refractivity contribution in [3.05, 3.63) is 65.9 Å².